The third-order valence-electron chi connectivity index (χ3n) is 6.37. The normalized spacial score (nSPS) is 18.1. The van der Waals surface area contributed by atoms with Gasteiger partial charge in [0.25, 0.3) is 0 Å². The second-order valence-corrected chi connectivity index (χ2v) is 8.72. The lowest BCUT2D eigenvalue weighted by Crippen LogP contribution is -2.18. The van der Waals surface area contributed by atoms with Crippen LogP contribution in [0.4, 0.5) is 0 Å². The van der Waals surface area contributed by atoms with Crippen LogP contribution in [0.25, 0.3) is 27.7 Å². The molecule has 0 spiro atoms. The van der Waals surface area contributed by atoms with Gasteiger partial charge in [-0.1, -0.05) is 17.7 Å². The molecule has 4 aromatic rings. The maximum absolute atomic E-state index is 6.78. The molecule has 0 radical (unpaired) electrons. The van der Waals surface area contributed by atoms with Crippen molar-refractivity contribution in [3.8, 4) is 11.1 Å². The van der Waals surface area contributed by atoms with Crippen LogP contribution >= 0.6 is 11.6 Å². The van der Waals surface area contributed by atoms with E-state index in [4.69, 9.17) is 16.3 Å². The van der Waals surface area contributed by atoms with Crippen LogP contribution in [-0.2, 0) is 11.2 Å². The summed E-state index contributed by atoms with van der Waals surface area (Å²) in [6.45, 7) is 1.69. The highest BCUT2D eigenvalue weighted by Crippen LogP contribution is 2.36. The van der Waals surface area contributed by atoms with Crippen LogP contribution in [0.5, 0.6) is 0 Å². The molecule has 1 aromatic carbocycles. The molecule has 148 valence electrons. The lowest BCUT2D eigenvalue weighted by Gasteiger charge is -2.24. The van der Waals surface area contributed by atoms with E-state index in [1.165, 1.54) is 23.7 Å². The molecular weight excluding hydrogens is 384 g/mol. The van der Waals surface area contributed by atoms with Crippen molar-refractivity contribution in [3.63, 3.8) is 0 Å². The summed E-state index contributed by atoms with van der Waals surface area (Å²) in [6.07, 6.45) is 10.0. The van der Waals surface area contributed by atoms with Crippen molar-refractivity contribution in [3.05, 3.63) is 53.6 Å². The summed E-state index contributed by atoms with van der Waals surface area (Å²) < 4.78 is 9.96. The van der Waals surface area contributed by atoms with E-state index in [0.29, 0.717) is 11.1 Å². The van der Waals surface area contributed by atoms with Gasteiger partial charge in [-0.05, 0) is 61.4 Å². The first-order valence-corrected chi connectivity index (χ1v) is 10.9. The lowest BCUT2D eigenvalue weighted by atomic mass is 10.0. The average Bonchev–Trinajstić information content (AvgIpc) is 3.32. The molecule has 1 aliphatic heterocycles. The van der Waals surface area contributed by atoms with Gasteiger partial charge in [0.15, 0.2) is 5.65 Å². The summed E-state index contributed by atoms with van der Waals surface area (Å²) in [5.74, 6) is 1.78. The number of ether oxygens (including phenoxy) is 1. The molecule has 0 atom stereocenters. The smallest absolute Gasteiger partial charge is 0.180 e. The predicted octanol–water partition coefficient (Wildman–Crippen LogP) is 5.31. The first-order valence-electron chi connectivity index (χ1n) is 10.5. The number of nitrogens with zero attached hydrogens (tertiary/aromatic N) is 4. The largest absolute Gasteiger partial charge is 0.381 e. The van der Waals surface area contributed by atoms with Gasteiger partial charge in [-0.2, -0.15) is 0 Å². The highest BCUT2D eigenvalue weighted by atomic mass is 35.5. The Kier molecular flexibility index (Phi) is 4.13. The molecule has 3 aromatic heterocycles. The van der Waals surface area contributed by atoms with Crippen LogP contribution in [0.2, 0.25) is 5.02 Å². The Bertz CT molecular complexity index is 1200. The molecule has 0 N–H and O–H groups in total. The molecule has 2 aliphatic rings. The van der Waals surface area contributed by atoms with E-state index in [1.807, 2.05) is 4.40 Å². The van der Waals surface area contributed by atoms with E-state index in [0.717, 1.165) is 61.0 Å². The molecule has 1 saturated carbocycles. The van der Waals surface area contributed by atoms with E-state index in [9.17, 15) is 0 Å². The molecule has 6 rings (SSSR count). The number of benzene rings is 1. The lowest BCUT2D eigenvalue weighted by molar-refractivity contribution is 0.0707. The maximum atomic E-state index is 6.78. The fourth-order valence-electron chi connectivity index (χ4n) is 4.53. The molecule has 0 amide bonds. The summed E-state index contributed by atoms with van der Waals surface area (Å²) in [7, 11) is 0. The number of pyridine rings is 1. The van der Waals surface area contributed by atoms with Crippen LogP contribution in [0.3, 0.4) is 0 Å². The topological polar surface area (TPSA) is 44.4 Å². The Labute approximate surface area is 174 Å². The highest BCUT2D eigenvalue weighted by Gasteiger charge is 2.25. The van der Waals surface area contributed by atoms with E-state index in [-0.39, 0.29) is 0 Å². The van der Waals surface area contributed by atoms with Gasteiger partial charge in [0.1, 0.15) is 5.82 Å². The number of halogens is 1. The molecular formula is C23H23ClN4O. The van der Waals surface area contributed by atoms with Gasteiger partial charge in [-0.15, -0.1) is 10.2 Å². The predicted molar refractivity (Wildman–Crippen MR) is 114 cm³/mol. The second kappa shape index (κ2) is 6.85. The molecule has 2 fully saturated rings. The van der Waals surface area contributed by atoms with Crippen LogP contribution in [-0.4, -0.2) is 32.4 Å². The molecule has 5 nitrogen and oxygen atoms in total. The molecule has 1 saturated heterocycles. The minimum atomic E-state index is 0.521. The Balaban J connectivity index is 1.38. The summed E-state index contributed by atoms with van der Waals surface area (Å²) in [5, 5.41) is 10.7. The van der Waals surface area contributed by atoms with Gasteiger partial charge in [0.05, 0.1) is 5.02 Å². The van der Waals surface area contributed by atoms with Gasteiger partial charge in [0, 0.05) is 54.5 Å². The van der Waals surface area contributed by atoms with Crippen molar-refractivity contribution >= 4 is 28.2 Å². The van der Waals surface area contributed by atoms with Crippen molar-refractivity contribution in [1.82, 2.24) is 19.2 Å². The zero-order valence-electron chi connectivity index (χ0n) is 16.2. The quantitative estimate of drug-likeness (QED) is 0.461. The standard InChI is InChI=1S/C23H23ClN4O/c24-22-19(6-10-28-21(13-15-1-2-15)25-26-23(22)28)16-3-4-20-17(14-16)5-9-27(20)18-7-11-29-12-8-18/h3-6,9-10,14-15,18H,1-2,7-8,11-13H2. The molecule has 4 heterocycles. The van der Waals surface area contributed by atoms with Gasteiger partial charge in [-0.25, -0.2) is 0 Å². The monoisotopic (exact) mass is 406 g/mol. The van der Waals surface area contributed by atoms with Crippen LogP contribution in [0.15, 0.2) is 42.7 Å². The Hall–Kier alpha value is -2.37. The Morgan fingerprint density at radius 1 is 1.00 bits per heavy atom. The zero-order valence-corrected chi connectivity index (χ0v) is 17.0. The average molecular weight is 407 g/mol. The highest BCUT2D eigenvalue weighted by molar-refractivity contribution is 6.36. The summed E-state index contributed by atoms with van der Waals surface area (Å²) in [6, 6.07) is 11.4. The van der Waals surface area contributed by atoms with E-state index >= 15 is 0 Å². The Morgan fingerprint density at radius 2 is 1.86 bits per heavy atom. The third kappa shape index (κ3) is 3.04. The molecule has 1 aliphatic carbocycles. The number of rotatable bonds is 4. The first-order chi connectivity index (χ1) is 14.3. The number of fused-ring (bicyclic) bond motifs is 2. The van der Waals surface area contributed by atoms with Gasteiger partial charge in [-0.3, -0.25) is 4.40 Å². The maximum Gasteiger partial charge on any atom is 0.180 e. The molecule has 29 heavy (non-hydrogen) atoms. The van der Waals surface area contributed by atoms with E-state index < -0.39 is 0 Å². The van der Waals surface area contributed by atoms with Crippen molar-refractivity contribution in [2.24, 2.45) is 5.92 Å². The van der Waals surface area contributed by atoms with Crippen LogP contribution in [0.1, 0.15) is 37.5 Å². The minimum absolute atomic E-state index is 0.521. The van der Waals surface area contributed by atoms with Crippen molar-refractivity contribution < 1.29 is 4.74 Å². The fourth-order valence-corrected chi connectivity index (χ4v) is 4.83. The number of aromatic nitrogens is 4. The second-order valence-electron chi connectivity index (χ2n) is 8.34. The third-order valence-corrected chi connectivity index (χ3v) is 6.75. The van der Waals surface area contributed by atoms with Crippen molar-refractivity contribution in [2.45, 2.75) is 38.1 Å². The van der Waals surface area contributed by atoms with Crippen LogP contribution in [0, 0.1) is 5.92 Å². The summed E-state index contributed by atoms with van der Waals surface area (Å²) >= 11 is 6.78. The van der Waals surface area contributed by atoms with Crippen molar-refractivity contribution in [1.29, 1.82) is 0 Å². The Morgan fingerprint density at radius 3 is 2.69 bits per heavy atom. The van der Waals surface area contributed by atoms with Gasteiger partial charge < -0.3 is 9.30 Å². The number of hydrogen-bond donors (Lipinski definition) is 0. The molecule has 6 heteroatoms. The fraction of sp³-hybridized carbons (Fsp3) is 0.391. The summed E-state index contributed by atoms with van der Waals surface area (Å²) in [4.78, 5) is 0. The molecule has 0 unspecified atom stereocenters. The zero-order chi connectivity index (χ0) is 19.4. The summed E-state index contributed by atoms with van der Waals surface area (Å²) in [5.41, 5.74) is 4.14. The first kappa shape index (κ1) is 17.5. The van der Waals surface area contributed by atoms with Crippen LogP contribution < -0.4 is 0 Å². The SMILES string of the molecule is Clc1c(-c2ccc3c(ccn3C3CCOCC3)c2)ccn2c(CC3CC3)nnc12. The van der Waals surface area contributed by atoms with E-state index in [2.05, 4.69) is 57.5 Å². The van der Waals surface area contributed by atoms with Gasteiger partial charge >= 0.3 is 0 Å². The van der Waals surface area contributed by atoms with Crippen molar-refractivity contribution in [2.75, 3.05) is 13.2 Å². The van der Waals surface area contributed by atoms with Gasteiger partial charge in [0.2, 0.25) is 0 Å². The minimum Gasteiger partial charge on any atom is -0.381 e. The number of hydrogen-bond acceptors (Lipinski definition) is 3. The van der Waals surface area contributed by atoms with E-state index in [1.54, 1.807) is 0 Å². The molecule has 0 bridgehead atoms.